The highest BCUT2D eigenvalue weighted by molar-refractivity contribution is 7.92. The number of hydrogen-bond donors (Lipinski definition) is 1. The topological polar surface area (TPSA) is 105 Å². The van der Waals surface area contributed by atoms with E-state index in [0.29, 0.717) is 41.8 Å². The lowest BCUT2D eigenvalue weighted by atomic mass is 10.1. The van der Waals surface area contributed by atoms with Crippen molar-refractivity contribution in [1.82, 2.24) is 10.2 Å². The molecule has 184 valence electrons. The molecule has 0 saturated carbocycles. The summed E-state index contributed by atoms with van der Waals surface area (Å²) in [5.41, 5.74) is 0.968. The van der Waals surface area contributed by atoms with Crippen LogP contribution in [0, 0.1) is 0 Å². The number of ether oxygens (including phenoxy) is 2. The van der Waals surface area contributed by atoms with E-state index in [0.717, 1.165) is 10.6 Å². The molecule has 1 N–H and O–H groups in total. The predicted molar refractivity (Wildman–Crippen MR) is 130 cm³/mol. The van der Waals surface area contributed by atoms with Crippen LogP contribution in [0.3, 0.4) is 0 Å². The minimum Gasteiger partial charge on any atom is -0.486 e. The molecule has 11 heteroatoms. The highest BCUT2D eigenvalue weighted by Gasteiger charge is 2.30. The third-order valence-electron chi connectivity index (χ3n) is 5.25. The molecule has 0 fully saturated rings. The molecule has 1 unspecified atom stereocenters. The molecule has 1 aliphatic heterocycles. The number of carbonyl (C=O) groups is 2. The van der Waals surface area contributed by atoms with Crippen molar-refractivity contribution >= 4 is 39.1 Å². The standard InChI is InChI=1S/C23H28ClN3O6S/c1-4-25-23(29)16(2)26(14-17-6-5-7-18(24)12-17)22(28)15-27(34(3,30)31)19-8-9-20-21(13-19)33-11-10-32-20/h5-9,12-13,16H,4,10-11,14-15H2,1-3H3,(H,25,29). The molecule has 2 amide bonds. The van der Waals surface area contributed by atoms with Crippen LogP contribution in [0.2, 0.25) is 5.02 Å². The third-order valence-corrected chi connectivity index (χ3v) is 6.63. The van der Waals surface area contributed by atoms with E-state index < -0.39 is 28.5 Å². The summed E-state index contributed by atoms with van der Waals surface area (Å²) in [6, 6.07) is 10.8. The van der Waals surface area contributed by atoms with E-state index in [1.807, 2.05) is 0 Å². The maximum atomic E-state index is 13.5. The van der Waals surface area contributed by atoms with Crippen molar-refractivity contribution in [3.8, 4) is 11.5 Å². The number of sulfonamides is 1. The Balaban J connectivity index is 1.92. The number of amides is 2. The first-order chi connectivity index (χ1) is 16.1. The van der Waals surface area contributed by atoms with E-state index in [1.165, 1.54) is 11.0 Å². The Hall–Kier alpha value is -2.98. The zero-order valence-corrected chi connectivity index (χ0v) is 20.9. The van der Waals surface area contributed by atoms with Crippen LogP contribution in [0.1, 0.15) is 19.4 Å². The molecule has 3 rings (SSSR count). The number of halogens is 1. The summed E-state index contributed by atoms with van der Waals surface area (Å²) in [5, 5.41) is 3.20. The summed E-state index contributed by atoms with van der Waals surface area (Å²) in [4.78, 5) is 27.4. The number of fused-ring (bicyclic) bond motifs is 1. The molecule has 1 atom stereocenters. The van der Waals surface area contributed by atoms with Crippen molar-refractivity contribution in [3.05, 3.63) is 53.1 Å². The van der Waals surface area contributed by atoms with E-state index in [-0.39, 0.29) is 18.1 Å². The van der Waals surface area contributed by atoms with Crippen LogP contribution in [0.5, 0.6) is 11.5 Å². The van der Waals surface area contributed by atoms with Crippen molar-refractivity contribution in [2.75, 3.05) is 36.9 Å². The van der Waals surface area contributed by atoms with Crippen LogP contribution >= 0.6 is 11.6 Å². The number of rotatable bonds is 9. The Morgan fingerprint density at radius 2 is 1.82 bits per heavy atom. The Labute approximate surface area is 204 Å². The highest BCUT2D eigenvalue weighted by Crippen LogP contribution is 2.34. The minimum absolute atomic E-state index is 0.0798. The van der Waals surface area contributed by atoms with Crippen LogP contribution in [-0.2, 0) is 26.2 Å². The Bertz CT molecular complexity index is 1160. The predicted octanol–water partition coefficient (Wildman–Crippen LogP) is 2.43. The smallest absolute Gasteiger partial charge is 0.244 e. The van der Waals surface area contributed by atoms with Gasteiger partial charge in [-0.1, -0.05) is 23.7 Å². The van der Waals surface area contributed by atoms with E-state index in [4.69, 9.17) is 21.1 Å². The molecule has 0 aromatic heterocycles. The van der Waals surface area contributed by atoms with E-state index >= 15 is 0 Å². The van der Waals surface area contributed by atoms with E-state index in [2.05, 4.69) is 5.32 Å². The van der Waals surface area contributed by atoms with Crippen molar-refractivity contribution in [1.29, 1.82) is 0 Å². The summed E-state index contributed by atoms with van der Waals surface area (Å²) >= 11 is 6.09. The van der Waals surface area contributed by atoms with Crippen molar-refractivity contribution in [3.63, 3.8) is 0 Å². The van der Waals surface area contributed by atoms with Crippen molar-refractivity contribution < 1.29 is 27.5 Å². The number of nitrogens with one attached hydrogen (secondary N) is 1. The van der Waals surface area contributed by atoms with Gasteiger partial charge in [0.25, 0.3) is 0 Å². The normalized spacial score (nSPS) is 13.6. The van der Waals surface area contributed by atoms with Crippen LogP contribution in [0.15, 0.2) is 42.5 Å². The second kappa shape index (κ2) is 11.0. The maximum absolute atomic E-state index is 13.5. The lowest BCUT2D eigenvalue weighted by molar-refractivity contribution is -0.139. The molecule has 2 aromatic carbocycles. The van der Waals surface area contributed by atoms with E-state index in [9.17, 15) is 18.0 Å². The van der Waals surface area contributed by atoms with Gasteiger partial charge in [0.2, 0.25) is 21.8 Å². The summed E-state index contributed by atoms with van der Waals surface area (Å²) in [6.45, 7) is 4.10. The lowest BCUT2D eigenvalue weighted by Gasteiger charge is -2.31. The monoisotopic (exact) mass is 509 g/mol. The molecule has 34 heavy (non-hydrogen) atoms. The van der Waals surface area contributed by atoms with Gasteiger partial charge in [-0.15, -0.1) is 0 Å². The summed E-state index contributed by atoms with van der Waals surface area (Å²) < 4.78 is 37.4. The zero-order chi connectivity index (χ0) is 24.9. The fourth-order valence-corrected chi connectivity index (χ4v) is 4.59. The molecule has 9 nitrogen and oxygen atoms in total. The van der Waals surface area contributed by atoms with Gasteiger partial charge >= 0.3 is 0 Å². The largest absolute Gasteiger partial charge is 0.486 e. The second-order valence-corrected chi connectivity index (χ2v) is 10.2. The second-order valence-electron chi connectivity index (χ2n) is 7.82. The van der Waals surface area contributed by atoms with Crippen molar-refractivity contribution in [2.45, 2.75) is 26.4 Å². The first kappa shape index (κ1) is 25.6. The summed E-state index contributed by atoms with van der Waals surface area (Å²) in [7, 11) is -3.84. The molecule has 2 aromatic rings. The number of likely N-dealkylation sites (N-methyl/N-ethyl adjacent to an activating group) is 1. The first-order valence-corrected chi connectivity index (χ1v) is 13.0. The first-order valence-electron chi connectivity index (χ1n) is 10.8. The van der Waals surface area contributed by atoms with Gasteiger partial charge in [0, 0.05) is 24.2 Å². The van der Waals surface area contributed by atoms with Gasteiger partial charge < -0.3 is 19.7 Å². The minimum atomic E-state index is -3.84. The molecule has 1 heterocycles. The van der Waals surface area contributed by atoms with Gasteiger partial charge in [-0.05, 0) is 43.7 Å². The van der Waals surface area contributed by atoms with Crippen LogP contribution < -0.4 is 19.1 Å². The average Bonchev–Trinajstić information content (AvgIpc) is 2.79. The number of anilines is 1. The van der Waals surface area contributed by atoms with Gasteiger partial charge in [0.05, 0.1) is 11.9 Å². The Kier molecular flexibility index (Phi) is 8.27. The number of nitrogens with zero attached hydrogens (tertiary/aromatic N) is 2. The highest BCUT2D eigenvalue weighted by atomic mass is 35.5. The van der Waals surface area contributed by atoms with Gasteiger partial charge in [-0.25, -0.2) is 8.42 Å². The molecule has 0 aliphatic carbocycles. The average molecular weight is 510 g/mol. The lowest BCUT2D eigenvalue weighted by Crippen LogP contribution is -2.51. The maximum Gasteiger partial charge on any atom is 0.244 e. The third kappa shape index (κ3) is 6.32. The van der Waals surface area contributed by atoms with Crippen molar-refractivity contribution in [2.24, 2.45) is 0 Å². The number of carbonyl (C=O) groups excluding carboxylic acids is 2. The van der Waals surface area contributed by atoms with Crippen LogP contribution in [0.4, 0.5) is 5.69 Å². The summed E-state index contributed by atoms with van der Waals surface area (Å²) in [5.74, 6) is 0.0145. The van der Waals surface area contributed by atoms with Gasteiger partial charge in [0.1, 0.15) is 25.8 Å². The Morgan fingerprint density at radius 1 is 1.12 bits per heavy atom. The molecular weight excluding hydrogens is 482 g/mol. The molecule has 1 aliphatic rings. The fraction of sp³-hybridized carbons (Fsp3) is 0.391. The quantitative estimate of drug-likeness (QED) is 0.556. The number of hydrogen-bond acceptors (Lipinski definition) is 6. The fourth-order valence-electron chi connectivity index (χ4n) is 3.54. The van der Waals surface area contributed by atoms with E-state index in [1.54, 1.807) is 50.2 Å². The van der Waals surface area contributed by atoms with Gasteiger partial charge in [0.15, 0.2) is 11.5 Å². The zero-order valence-electron chi connectivity index (χ0n) is 19.3. The summed E-state index contributed by atoms with van der Waals surface area (Å²) in [6.07, 6.45) is 1.02. The molecule has 0 bridgehead atoms. The van der Waals surface area contributed by atoms with Gasteiger partial charge in [-0.2, -0.15) is 0 Å². The molecule has 0 saturated heterocycles. The molecular formula is C23H28ClN3O6S. The van der Waals surface area contributed by atoms with Gasteiger partial charge in [-0.3, -0.25) is 13.9 Å². The van der Waals surface area contributed by atoms with Crippen LogP contribution in [0.25, 0.3) is 0 Å². The Morgan fingerprint density at radius 3 is 2.47 bits per heavy atom. The molecule has 0 radical (unpaired) electrons. The SMILES string of the molecule is CCNC(=O)C(C)N(Cc1cccc(Cl)c1)C(=O)CN(c1ccc2c(c1)OCCO2)S(C)(=O)=O. The van der Waals surface area contributed by atoms with Crippen LogP contribution in [-0.4, -0.2) is 63.7 Å². The number of benzene rings is 2. The molecule has 0 spiro atoms.